The molecule has 17 heavy (non-hydrogen) atoms. The first-order valence-corrected chi connectivity index (χ1v) is 0. The smallest absolute Gasteiger partial charge is 0 e. The van der Waals surface area contributed by atoms with Gasteiger partial charge in [-0.3, -0.25) is 0 Å². The van der Waals surface area contributed by atoms with E-state index in [9.17, 15) is 0 Å². The second kappa shape index (κ2) is 455. The van der Waals surface area contributed by atoms with Crippen LogP contribution in [-0.4, -0.2) is 65.7 Å². The molecule has 0 aliphatic carbocycles. The summed E-state index contributed by atoms with van der Waals surface area (Å²) in [4.78, 5) is 0. The van der Waals surface area contributed by atoms with Gasteiger partial charge >= 0.3 is 0 Å². The van der Waals surface area contributed by atoms with E-state index in [2.05, 4.69) is 0 Å². The minimum atomic E-state index is 0. The molecule has 0 aromatic heterocycles. The van der Waals surface area contributed by atoms with Crippen molar-refractivity contribution in [2.75, 3.05) is 0 Å². The normalized spacial score (nSPS) is 0. The van der Waals surface area contributed by atoms with Gasteiger partial charge in [0.15, 0.2) is 0 Å². The van der Waals surface area contributed by atoms with Gasteiger partial charge in [-0.05, 0) is 0 Å². The number of hydrogen-bond donors (Lipinski definition) is 0. The van der Waals surface area contributed by atoms with Crippen LogP contribution in [0.4, 0.5) is 0 Å². The quantitative estimate of drug-likeness (QED) is 0.218. The Labute approximate surface area is 197 Å². The van der Waals surface area contributed by atoms with Gasteiger partial charge < -0.3 is 65.7 Å². The largest absolute Gasteiger partial charge is 0.412 e. The van der Waals surface area contributed by atoms with E-state index in [1.165, 1.54) is 0 Å². The summed E-state index contributed by atoms with van der Waals surface area (Å²) in [5, 5.41) is 0. The molecule has 12 nitrogen and oxygen atoms in total. The molecular weight excluding hydrogens is 1020 g/mol. The van der Waals surface area contributed by atoms with Gasteiger partial charge in [-0.25, -0.2) is 0 Å². The van der Waals surface area contributed by atoms with Crippen molar-refractivity contribution in [2.45, 2.75) is 0 Å². The molecule has 0 saturated heterocycles. The summed E-state index contributed by atoms with van der Waals surface area (Å²) in [6.45, 7) is 0. The summed E-state index contributed by atoms with van der Waals surface area (Å²) in [5.74, 6) is 0. The molecule has 0 rings (SSSR count). The fourth-order valence-electron chi connectivity index (χ4n) is 0. The van der Waals surface area contributed by atoms with E-state index >= 15 is 0 Å². The molecule has 17 heteroatoms. The Kier molecular flexibility index (Phi) is 14200. The molecule has 0 aliphatic rings. The van der Waals surface area contributed by atoms with Crippen molar-refractivity contribution in [3.05, 3.63) is 0 Å². The van der Waals surface area contributed by atoms with Gasteiger partial charge in [0.2, 0.25) is 0 Å². The van der Waals surface area contributed by atoms with Crippen LogP contribution in [0, 0.1) is 71.2 Å². The molecule has 0 aromatic rings. The van der Waals surface area contributed by atoms with Crippen LogP contribution < -0.4 is 0 Å². The van der Waals surface area contributed by atoms with Crippen LogP contribution in [0.1, 0.15) is 0 Å². The van der Waals surface area contributed by atoms with E-state index in [0.29, 0.717) is 0 Å². The standard InChI is InChI=1S/2La.12H2O.3W/h;;12*1H2;;;. The maximum Gasteiger partial charge on any atom is 0 e. The summed E-state index contributed by atoms with van der Waals surface area (Å²) in [6.07, 6.45) is 0. The zero-order valence-electron chi connectivity index (χ0n) is 8.38. The Morgan fingerprint density at radius 3 is 0.176 bits per heavy atom. The molecule has 24 N–H and O–H groups in total. The third kappa shape index (κ3) is 409. The predicted octanol–water partition coefficient (Wildman–Crippen LogP) is -9.90. The van der Waals surface area contributed by atoms with Gasteiger partial charge in [-0.1, -0.05) is 0 Å². The van der Waals surface area contributed by atoms with Crippen LogP contribution >= 0.6 is 0 Å². The fourth-order valence-corrected chi connectivity index (χ4v) is 0. The van der Waals surface area contributed by atoms with Crippen molar-refractivity contribution in [3.8, 4) is 0 Å². The second-order valence-electron chi connectivity index (χ2n) is 0. The molecule has 0 unspecified atom stereocenters. The van der Waals surface area contributed by atoms with E-state index in [1.807, 2.05) is 0 Å². The van der Waals surface area contributed by atoms with E-state index in [0.717, 1.165) is 0 Å². The van der Waals surface area contributed by atoms with Crippen LogP contribution in [0.5, 0.6) is 0 Å². The molecule has 0 fully saturated rings. The second-order valence-corrected chi connectivity index (χ2v) is 0. The third-order valence-electron chi connectivity index (χ3n) is 0. The van der Waals surface area contributed by atoms with Gasteiger partial charge in [0.25, 0.3) is 0 Å². The van der Waals surface area contributed by atoms with Crippen LogP contribution in [0.25, 0.3) is 0 Å². The fraction of sp³-hybridized carbons (Fsp3) is 0. The molecule has 0 heterocycles. The predicted molar refractivity (Wildman–Crippen MR) is 43.4 cm³/mol. The first kappa shape index (κ1) is 530. The van der Waals surface area contributed by atoms with Crippen LogP contribution in [0.15, 0.2) is 0 Å². The topological polar surface area (TPSA) is 378 Å². The average molecular weight is 1050 g/mol. The zero-order chi connectivity index (χ0) is 0. The molecule has 120 valence electrons. The molecule has 0 atom stereocenters. The van der Waals surface area contributed by atoms with Gasteiger partial charge in [-0.15, -0.1) is 0 Å². The summed E-state index contributed by atoms with van der Waals surface area (Å²) in [7, 11) is 0. The summed E-state index contributed by atoms with van der Waals surface area (Å²) in [5.41, 5.74) is 0. The van der Waals surface area contributed by atoms with E-state index in [-0.39, 0.29) is 200 Å². The van der Waals surface area contributed by atoms with Gasteiger partial charge in [0.05, 0.1) is 0 Å². The minimum Gasteiger partial charge on any atom is -0.412 e. The van der Waals surface area contributed by atoms with Crippen LogP contribution in [0.3, 0.4) is 0 Å². The Bertz CT molecular complexity index is 19.7. The number of rotatable bonds is 0. The van der Waals surface area contributed by atoms with Gasteiger partial charge in [0.1, 0.15) is 0 Å². The molecule has 0 aliphatic heterocycles. The third-order valence-corrected chi connectivity index (χ3v) is 0. The van der Waals surface area contributed by atoms with Crippen LogP contribution in [0.2, 0.25) is 0 Å². The molecule has 0 spiro atoms. The zero-order valence-corrected chi connectivity index (χ0v) is 24.4. The molecule has 0 aromatic carbocycles. The first-order chi connectivity index (χ1) is 0. The maximum atomic E-state index is 0. The van der Waals surface area contributed by atoms with Crippen molar-refractivity contribution < 1.29 is 200 Å². The molecule has 0 saturated carbocycles. The van der Waals surface area contributed by atoms with Gasteiger partial charge in [0, 0.05) is 134 Å². The Hall–Kier alpha value is 3.97. The molecular formula is H24La2O12W3. The Morgan fingerprint density at radius 1 is 0.176 bits per heavy atom. The summed E-state index contributed by atoms with van der Waals surface area (Å²) < 4.78 is 0. The monoisotopic (exact) mass is 1050 g/mol. The van der Waals surface area contributed by atoms with Crippen molar-refractivity contribution >= 4 is 0 Å². The van der Waals surface area contributed by atoms with E-state index in [1.54, 1.807) is 0 Å². The van der Waals surface area contributed by atoms with E-state index in [4.69, 9.17) is 0 Å². The van der Waals surface area contributed by atoms with Crippen molar-refractivity contribution in [3.63, 3.8) is 0 Å². The first-order valence-electron chi connectivity index (χ1n) is 0. The minimum absolute atomic E-state index is 0. The molecule has 2 radical (unpaired) electrons. The van der Waals surface area contributed by atoms with Crippen molar-refractivity contribution in [1.29, 1.82) is 0 Å². The Balaban J connectivity index is 0. The van der Waals surface area contributed by atoms with Crippen LogP contribution in [-0.2, 0) is 63.2 Å². The summed E-state index contributed by atoms with van der Waals surface area (Å²) in [6, 6.07) is 0. The van der Waals surface area contributed by atoms with Gasteiger partial charge in [-0.2, -0.15) is 0 Å². The Morgan fingerprint density at radius 2 is 0.176 bits per heavy atom. The number of hydrogen-bond acceptors (Lipinski definition) is 0. The molecule has 0 amide bonds. The maximum absolute atomic E-state index is 0. The average Bonchev–Trinajstić information content (AvgIpc) is 0. The van der Waals surface area contributed by atoms with Crippen molar-refractivity contribution in [2.24, 2.45) is 0 Å². The van der Waals surface area contributed by atoms with E-state index < -0.39 is 0 Å². The SMILES string of the molecule is O.O.O.O.O.O.O.O.O.O.O.O.[La].[La].[W].[W].[W]. The van der Waals surface area contributed by atoms with Crippen molar-refractivity contribution in [1.82, 2.24) is 0 Å². The summed E-state index contributed by atoms with van der Waals surface area (Å²) >= 11 is 0. The molecule has 0 bridgehead atoms.